The fraction of sp³-hybridized carbons (Fsp3) is 0.126. The number of nitrogens with zero attached hydrogens (tertiary/aromatic N) is 3. The highest BCUT2D eigenvalue weighted by molar-refractivity contribution is 7.00. The van der Waals surface area contributed by atoms with E-state index in [2.05, 4.69) is 410 Å². The van der Waals surface area contributed by atoms with Crippen LogP contribution in [0.25, 0.3) is 105 Å². The largest absolute Gasteiger partial charge is 0.310 e. The molecule has 0 bridgehead atoms. The van der Waals surface area contributed by atoms with Crippen LogP contribution < -0.4 is 26.2 Å². The van der Waals surface area contributed by atoms with Gasteiger partial charge < -0.3 is 14.4 Å². The first kappa shape index (κ1) is 64.4. The standard InChI is InChI=1S/C103H82BN3/c1-100(2,3)71-56-79(66-35-17-11-18-36-66)98(80(57-71)67-37-19-12-20-38-67)106-92-54-51-70(65-33-15-10-16-34-65)55-90(92)104-89-53-52-74(105-91-50-32-28-46-78(91)84-63-83-77-45-27-31-49-87(77)103(88(83)64-93(84)105)85-47-29-25-43-75(85)76-44-26-30-48-86(76)103)62-94(89)107(96-61-73(102(7,8)9)60-95(106)97(96)104)99-81(68-39-21-13-22-40-68)58-72(101(4,5)6)59-82(99)69-41-23-14-24-42-69/h10-64H,1-9H3. The molecule has 1 aromatic heterocycles. The molecule has 107 heavy (non-hydrogen) atoms. The SMILES string of the molecule is CC(C)(C)c1cc(-c2ccccc2)c(N2c3ccc(-c4ccccc4)cc3B3c4ccc(-n5c6ccccc6c6cc7c(cc65)C5(c6ccccc6-c6ccccc65)c5ccccc5-7)cc4N(c4c(-c5ccccc5)cc(C(C)(C)C)cc4-c4ccccc4)c4cc(C(C)(C)C)cc2c43)c(-c2ccccc2)c1. The Bertz CT molecular complexity index is 6140. The number of anilines is 6. The maximum absolute atomic E-state index is 2.76. The quantitative estimate of drug-likeness (QED) is 0.141. The van der Waals surface area contributed by atoms with E-state index in [1.807, 2.05) is 0 Å². The van der Waals surface area contributed by atoms with Crippen molar-refractivity contribution in [3.05, 3.63) is 373 Å². The van der Waals surface area contributed by atoms with Crippen LogP contribution in [-0.4, -0.2) is 11.3 Å². The molecule has 3 nitrogen and oxygen atoms in total. The average molecular weight is 1370 g/mol. The lowest BCUT2D eigenvalue weighted by Crippen LogP contribution is -2.61. The van der Waals surface area contributed by atoms with E-state index in [4.69, 9.17) is 0 Å². The Morgan fingerprint density at radius 2 is 0.654 bits per heavy atom. The van der Waals surface area contributed by atoms with Crippen LogP contribution in [0.3, 0.4) is 0 Å². The molecule has 16 aromatic rings. The van der Waals surface area contributed by atoms with Crippen molar-refractivity contribution in [3.8, 4) is 83.6 Å². The van der Waals surface area contributed by atoms with E-state index in [0.29, 0.717) is 0 Å². The van der Waals surface area contributed by atoms with E-state index in [1.54, 1.807) is 0 Å². The van der Waals surface area contributed by atoms with Crippen LogP contribution in [0.15, 0.2) is 334 Å². The van der Waals surface area contributed by atoms with Gasteiger partial charge >= 0.3 is 0 Å². The highest BCUT2D eigenvalue weighted by Gasteiger charge is 2.53. The fourth-order valence-corrected chi connectivity index (χ4v) is 18.6. The monoisotopic (exact) mass is 1370 g/mol. The Morgan fingerprint density at radius 1 is 0.252 bits per heavy atom. The van der Waals surface area contributed by atoms with Gasteiger partial charge in [-0.25, -0.2) is 0 Å². The maximum atomic E-state index is 2.76. The van der Waals surface area contributed by atoms with Crippen molar-refractivity contribution < 1.29 is 0 Å². The summed E-state index contributed by atoms with van der Waals surface area (Å²) in [5.41, 5.74) is 38.9. The summed E-state index contributed by atoms with van der Waals surface area (Å²) in [6, 6.07) is 128. The van der Waals surface area contributed by atoms with Gasteiger partial charge in [-0.2, -0.15) is 0 Å². The van der Waals surface area contributed by atoms with Gasteiger partial charge in [-0.1, -0.05) is 323 Å². The molecule has 20 rings (SSSR count). The number of hydrogen-bond donors (Lipinski definition) is 0. The Balaban J connectivity index is 0.947. The number of rotatable bonds is 8. The molecule has 0 radical (unpaired) electrons. The van der Waals surface area contributed by atoms with Crippen LogP contribution in [0.5, 0.6) is 0 Å². The van der Waals surface area contributed by atoms with Crippen LogP contribution in [0.4, 0.5) is 34.1 Å². The van der Waals surface area contributed by atoms with E-state index in [9.17, 15) is 0 Å². The molecule has 0 fully saturated rings. The minimum absolute atomic E-state index is 0.174. The number of para-hydroxylation sites is 1. The van der Waals surface area contributed by atoms with Crippen LogP contribution in [0.1, 0.15) is 101 Å². The molecular weight excluding hydrogens is 1290 g/mol. The first-order valence-electron chi connectivity index (χ1n) is 38.1. The summed E-state index contributed by atoms with van der Waals surface area (Å²) in [6.45, 7) is 21.1. The minimum Gasteiger partial charge on any atom is -0.310 e. The first-order valence-corrected chi connectivity index (χ1v) is 38.1. The predicted molar refractivity (Wildman–Crippen MR) is 454 cm³/mol. The van der Waals surface area contributed by atoms with Gasteiger partial charge in [0.2, 0.25) is 0 Å². The third-order valence-electron chi connectivity index (χ3n) is 23.8. The van der Waals surface area contributed by atoms with E-state index in [-0.39, 0.29) is 23.0 Å². The first-order chi connectivity index (χ1) is 52.0. The van der Waals surface area contributed by atoms with Crippen LogP contribution in [0.2, 0.25) is 0 Å². The van der Waals surface area contributed by atoms with Crippen LogP contribution in [-0.2, 0) is 21.7 Å². The molecular formula is C103H82BN3. The zero-order valence-corrected chi connectivity index (χ0v) is 62.2. The molecule has 0 amide bonds. The third kappa shape index (κ3) is 9.81. The molecule has 15 aromatic carbocycles. The molecule has 0 saturated heterocycles. The Hall–Kier alpha value is -12.2. The summed E-state index contributed by atoms with van der Waals surface area (Å²) in [5, 5.41) is 2.46. The van der Waals surface area contributed by atoms with E-state index < -0.39 is 5.41 Å². The smallest absolute Gasteiger partial charge is 0.252 e. The second-order valence-corrected chi connectivity index (χ2v) is 33.1. The molecule has 0 unspecified atom stereocenters. The Labute approximate surface area is 629 Å². The molecule has 3 heterocycles. The topological polar surface area (TPSA) is 11.4 Å². The Morgan fingerprint density at radius 3 is 1.12 bits per heavy atom. The van der Waals surface area contributed by atoms with Gasteiger partial charge in [0.15, 0.2) is 0 Å². The van der Waals surface area contributed by atoms with Gasteiger partial charge in [-0.05, 0) is 200 Å². The zero-order valence-electron chi connectivity index (χ0n) is 62.2. The van der Waals surface area contributed by atoms with E-state index in [1.165, 1.54) is 144 Å². The number of hydrogen-bond acceptors (Lipinski definition) is 2. The lowest BCUT2D eigenvalue weighted by atomic mass is 9.33. The molecule has 4 heteroatoms. The molecule has 0 atom stereocenters. The van der Waals surface area contributed by atoms with Gasteiger partial charge in [0, 0.05) is 61.5 Å². The van der Waals surface area contributed by atoms with Gasteiger partial charge in [0.1, 0.15) is 0 Å². The van der Waals surface area contributed by atoms with Gasteiger partial charge in [0.25, 0.3) is 6.71 Å². The summed E-state index contributed by atoms with van der Waals surface area (Å²) >= 11 is 0. The average Bonchev–Trinajstić information content (AvgIpc) is 1.59. The number of benzene rings is 15. The second-order valence-electron chi connectivity index (χ2n) is 33.1. The van der Waals surface area contributed by atoms with Crippen molar-refractivity contribution in [2.24, 2.45) is 0 Å². The Kier molecular flexibility index (Phi) is 14.4. The van der Waals surface area contributed by atoms with Crippen LogP contribution >= 0.6 is 0 Å². The summed E-state index contributed by atoms with van der Waals surface area (Å²) in [7, 11) is 0. The molecule has 2 aliphatic heterocycles. The molecule has 2 aliphatic carbocycles. The van der Waals surface area contributed by atoms with Crippen molar-refractivity contribution in [2.75, 3.05) is 9.80 Å². The minimum atomic E-state index is -0.534. The van der Waals surface area contributed by atoms with Gasteiger partial charge in [-0.15, -0.1) is 0 Å². The molecule has 1 spiro atoms. The fourth-order valence-electron chi connectivity index (χ4n) is 18.6. The van der Waals surface area contributed by atoms with Crippen molar-refractivity contribution in [3.63, 3.8) is 0 Å². The highest BCUT2D eigenvalue weighted by Crippen LogP contribution is 2.64. The summed E-state index contributed by atoms with van der Waals surface area (Å²) in [5.74, 6) is 0. The predicted octanol–water partition coefficient (Wildman–Crippen LogP) is 25.4. The van der Waals surface area contributed by atoms with Crippen molar-refractivity contribution in [1.29, 1.82) is 0 Å². The highest BCUT2D eigenvalue weighted by atomic mass is 15.2. The van der Waals surface area contributed by atoms with Crippen molar-refractivity contribution >= 4 is 79.0 Å². The second kappa shape index (κ2) is 23.9. The summed E-state index contributed by atoms with van der Waals surface area (Å²) in [6.07, 6.45) is 0. The number of fused-ring (bicyclic) bond motifs is 17. The van der Waals surface area contributed by atoms with E-state index >= 15 is 0 Å². The zero-order chi connectivity index (χ0) is 72.4. The maximum Gasteiger partial charge on any atom is 0.252 e. The summed E-state index contributed by atoms with van der Waals surface area (Å²) in [4.78, 5) is 5.47. The van der Waals surface area contributed by atoms with Crippen LogP contribution in [0, 0.1) is 0 Å². The third-order valence-corrected chi connectivity index (χ3v) is 23.8. The van der Waals surface area contributed by atoms with Crippen molar-refractivity contribution in [2.45, 2.75) is 84.0 Å². The number of aromatic nitrogens is 1. The van der Waals surface area contributed by atoms with Gasteiger partial charge in [0.05, 0.1) is 27.8 Å². The lowest BCUT2D eigenvalue weighted by Gasteiger charge is -2.47. The van der Waals surface area contributed by atoms with Crippen molar-refractivity contribution in [1.82, 2.24) is 4.57 Å². The molecule has 512 valence electrons. The molecule has 0 saturated carbocycles. The normalized spacial score (nSPS) is 13.7. The molecule has 0 N–H and O–H groups in total. The van der Waals surface area contributed by atoms with Gasteiger partial charge in [-0.3, -0.25) is 0 Å². The summed E-state index contributed by atoms with van der Waals surface area (Å²) < 4.78 is 2.61. The lowest BCUT2D eigenvalue weighted by molar-refractivity contribution is 0.590. The molecule has 4 aliphatic rings. The van der Waals surface area contributed by atoms with E-state index in [0.717, 1.165) is 50.8 Å².